The van der Waals surface area contributed by atoms with Gasteiger partial charge in [-0.3, -0.25) is 14.6 Å². The van der Waals surface area contributed by atoms with Gasteiger partial charge in [0.05, 0.1) is 6.04 Å². The van der Waals surface area contributed by atoms with Crippen LogP contribution in [0.25, 0.3) is 10.9 Å². The van der Waals surface area contributed by atoms with Gasteiger partial charge in [-0.15, -0.1) is 0 Å². The largest absolute Gasteiger partial charge is 0.370 e. The number of amides is 2. The molecule has 0 saturated carbocycles. The number of nitrogens with one attached hydrogen (secondary N) is 3. The molecule has 0 unspecified atom stereocenters. The highest BCUT2D eigenvalue weighted by Gasteiger charge is 2.31. The fourth-order valence-corrected chi connectivity index (χ4v) is 5.69. The quantitative estimate of drug-likeness (QED) is 0.0956. The number of fused-ring (bicyclic) bond motifs is 1. The van der Waals surface area contributed by atoms with Gasteiger partial charge in [-0.05, 0) is 64.8 Å². The van der Waals surface area contributed by atoms with Gasteiger partial charge in [-0.2, -0.15) is 0 Å². The van der Waals surface area contributed by atoms with Gasteiger partial charge in [0.15, 0.2) is 5.96 Å². The molecule has 3 aromatic rings. The van der Waals surface area contributed by atoms with Gasteiger partial charge in [0.2, 0.25) is 11.8 Å². The van der Waals surface area contributed by atoms with E-state index < -0.39 is 12.1 Å². The van der Waals surface area contributed by atoms with Crippen LogP contribution in [0.3, 0.4) is 0 Å². The third kappa shape index (κ3) is 9.82. The fraction of sp³-hybridized carbons (Fsp3) is 0.541. The van der Waals surface area contributed by atoms with Crippen LogP contribution in [-0.4, -0.2) is 47.9 Å². The maximum atomic E-state index is 13.7. The molecule has 2 atom stereocenters. The van der Waals surface area contributed by atoms with Crippen molar-refractivity contribution in [2.24, 2.45) is 22.2 Å². The Hall–Kier alpha value is -3.85. The van der Waals surface area contributed by atoms with Gasteiger partial charge < -0.3 is 32.8 Å². The van der Waals surface area contributed by atoms with Crippen molar-refractivity contribution >= 4 is 28.7 Å². The third-order valence-electron chi connectivity index (χ3n) is 8.33. The minimum Gasteiger partial charge on any atom is -0.370 e. The number of carbonyl (C=O) groups is 2. The fourth-order valence-electron chi connectivity index (χ4n) is 5.69. The number of guanidine groups is 1. The summed E-state index contributed by atoms with van der Waals surface area (Å²) in [5.41, 5.74) is 24.0. The van der Waals surface area contributed by atoms with E-state index in [1.807, 2.05) is 30.3 Å². The van der Waals surface area contributed by atoms with Crippen molar-refractivity contribution in [3.63, 3.8) is 0 Å². The summed E-state index contributed by atoms with van der Waals surface area (Å²) < 4.78 is 0. The van der Waals surface area contributed by atoms with Crippen LogP contribution in [0.1, 0.15) is 103 Å². The van der Waals surface area contributed by atoms with E-state index in [4.69, 9.17) is 17.2 Å². The number of carbonyl (C=O) groups excluding carboxylic acids is 2. The first-order chi connectivity index (χ1) is 21.3. The molecular formula is C37H57N7O2. The van der Waals surface area contributed by atoms with Gasteiger partial charge in [0.1, 0.15) is 6.04 Å². The van der Waals surface area contributed by atoms with Crippen LogP contribution in [0.4, 0.5) is 0 Å². The van der Waals surface area contributed by atoms with E-state index in [1.165, 1.54) is 11.1 Å². The normalized spacial score (nSPS) is 13.7. The maximum absolute atomic E-state index is 13.7. The minimum atomic E-state index is -0.867. The number of hydrogen-bond acceptors (Lipinski definition) is 4. The first-order valence-electron chi connectivity index (χ1n) is 16.4. The number of aromatic nitrogens is 1. The monoisotopic (exact) mass is 631 g/mol. The van der Waals surface area contributed by atoms with E-state index in [-0.39, 0.29) is 34.0 Å². The van der Waals surface area contributed by atoms with E-state index >= 15 is 0 Å². The highest BCUT2D eigenvalue weighted by Crippen LogP contribution is 2.40. The predicted octanol–water partition coefficient (Wildman–Crippen LogP) is 4.83. The Kier molecular flexibility index (Phi) is 11.7. The lowest BCUT2D eigenvalue weighted by atomic mass is 9.78. The molecule has 46 heavy (non-hydrogen) atoms. The summed E-state index contributed by atoms with van der Waals surface area (Å²) in [5.74, 6) is -0.636. The molecule has 9 heteroatoms. The molecule has 0 spiro atoms. The zero-order valence-electron chi connectivity index (χ0n) is 29.4. The summed E-state index contributed by atoms with van der Waals surface area (Å²) in [4.78, 5) is 34.8. The number of hydrogen-bond donors (Lipinski definition) is 6. The number of aromatic amines is 1. The number of nitrogens with zero attached hydrogens (tertiary/aromatic N) is 1. The standard InChI is InChI=1S/C37H57N7O2/c1-35(2,3)24-20-25-26(31(37(7,8)9)44-30(25)27(21-24)36(4,5)6)22-28(38)32(45)43-29(16-13-18-42-34(39)40)33(46)41-19-17-23-14-11-10-12-15-23/h10-12,14-15,20-21,28-29,44H,13,16-19,22,38H2,1-9H3,(H,41,46)(H,43,45)(H4,39,40,42)/t28-,29-/m0/s1. The number of nitrogens with two attached hydrogens (primary N) is 3. The molecule has 252 valence electrons. The van der Waals surface area contributed by atoms with E-state index in [0.717, 1.165) is 27.7 Å². The summed E-state index contributed by atoms with van der Waals surface area (Å²) in [6.07, 6.45) is 1.90. The summed E-state index contributed by atoms with van der Waals surface area (Å²) in [6, 6.07) is 12.9. The highest BCUT2D eigenvalue weighted by molar-refractivity contribution is 5.92. The van der Waals surface area contributed by atoms with Crippen LogP contribution in [0.2, 0.25) is 0 Å². The number of H-pyrrole nitrogens is 1. The molecule has 1 aromatic heterocycles. The molecule has 0 aliphatic rings. The average molecular weight is 632 g/mol. The van der Waals surface area contributed by atoms with Crippen LogP contribution >= 0.6 is 0 Å². The smallest absolute Gasteiger partial charge is 0.242 e. The van der Waals surface area contributed by atoms with E-state index in [0.29, 0.717) is 38.8 Å². The van der Waals surface area contributed by atoms with Crippen molar-refractivity contribution in [2.45, 2.75) is 116 Å². The molecule has 0 radical (unpaired) electrons. The van der Waals surface area contributed by atoms with Gasteiger partial charge in [0.25, 0.3) is 0 Å². The Morgan fingerprint density at radius 3 is 2.11 bits per heavy atom. The molecular weight excluding hydrogens is 574 g/mol. The zero-order chi connectivity index (χ0) is 34.4. The van der Waals surface area contributed by atoms with Crippen molar-refractivity contribution in [1.29, 1.82) is 0 Å². The summed E-state index contributed by atoms with van der Waals surface area (Å²) in [5, 5.41) is 7.02. The van der Waals surface area contributed by atoms with Crippen molar-refractivity contribution in [3.05, 3.63) is 70.4 Å². The molecule has 0 saturated heterocycles. The Labute approximate surface area is 275 Å². The lowest BCUT2D eigenvalue weighted by Crippen LogP contribution is -2.52. The van der Waals surface area contributed by atoms with Gasteiger partial charge in [0, 0.05) is 35.1 Å². The Morgan fingerprint density at radius 1 is 0.891 bits per heavy atom. The lowest BCUT2D eigenvalue weighted by Gasteiger charge is -2.26. The van der Waals surface area contributed by atoms with Crippen molar-refractivity contribution in [2.75, 3.05) is 13.1 Å². The molecule has 0 fully saturated rings. The zero-order valence-corrected chi connectivity index (χ0v) is 29.4. The minimum absolute atomic E-state index is 0.00691. The second-order valence-electron chi connectivity index (χ2n) is 15.5. The first-order valence-corrected chi connectivity index (χ1v) is 16.4. The van der Waals surface area contributed by atoms with E-state index in [1.54, 1.807) is 0 Å². The Morgan fingerprint density at radius 2 is 1.54 bits per heavy atom. The topological polar surface area (TPSA) is 164 Å². The van der Waals surface area contributed by atoms with E-state index in [2.05, 4.69) is 95.1 Å². The first kappa shape index (κ1) is 36.6. The Balaban J connectivity index is 1.90. The van der Waals surface area contributed by atoms with Crippen LogP contribution in [0.15, 0.2) is 47.5 Å². The second kappa shape index (κ2) is 14.7. The molecule has 0 aliphatic carbocycles. The van der Waals surface area contributed by atoms with Gasteiger partial charge >= 0.3 is 0 Å². The van der Waals surface area contributed by atoms with Crippen LogP contribution in [0, 0.1) is 0 Å². The van der Waals surface area contributed by atoms with Gasteiger partial charge in [-0.25, -0.2) is 0 Å². The van der Waals surface area contributed by atoms with Crippen LogP contribution < -0.4 is 27.8 Å². The van der Waals surface area contributed by atoms with Crippen LogP contribution in [0.5, 0.6) is 0 Å². The van der Waals surface area contributed by atoms with Crippen molar-refractivity contribution in [1.82, 2.24) is 15.6 Å². The highest BCUT2D eigenvalue weighted by atomic mass is 16.2. The predicted molar refractivity (Wildman–Crippen MR) is 191 cm³/mol. The Bertz CT molecular complexity index is 1520. The summed E-state index contributed by atoms with van der Waals surface area (Å²) in [7, 11) is 0. The number of benzene rings is 2. The molecule has 9 nitrogen and oxygen atoms in total. The summed E-state index contributed by atoms with van der Waals surface area (Å²) in [6.45, 7) is 20.6. The lowest BCUT2D eigenvalue weighted by molar-refractivity contribution is -0.129. The molecule has 2 amide bonds. The maximum Gasteiger partial charge on any atom is 0.242 e. The third-order valence-corrected chi connectivity index (χ3v) is 8.33. The molecule has 0 aliphatic heterocycles. The molecule has 9 N–H and O–H groups in total. The average Bonchev–Trinajstić information content (AvgIpc) is 3.32. The van der Waals surface area contributed by atoms with Gasteiger partial charge in [-0.1, -0.05) is 98.7 Å². The number of rotatable bonds is 12. The van der Waals surface area contributed by atoms with Crippen molar-refractivity contribution < 1.29 is 9.59 Å². The van der Waals surface area contributed by atoms with E-state index in [9.17, 15) is 9.59 Å². The summed E-state index contributed by atoms with van der Waals surface area (Å²) >= 11 is 0. The second-order valence-corrected chi connectivity index (χ2v) is 15.5. The molecule has 2 aromatic carbocycles. The van der Waals surface area contributed by atoms with Crippen molar-refractivity contribution in [3.8, 4) is 0 Å². The molecule has 0 bridgehead atoms. The molecule has 3 rings (SSSR count). The SMILES string of the molecule is CC(C)(C)c1cc(C(C)(C)C)c2[nH]c(C(C)(C)C)c(C[C@H](N)C(=O)N[C@@H](CCCN=C(N)N)C(=O)NCCc3ccccc3)c2c1. The number of aliphatic imine (C=N–C) groups is 1. The molecule has 1 heterocycles. The van der Waals surface area contributed by atoms with Crippen LogP contribution in [-0.2, 0) is 38.7 Å².